The molecule has 1 aliphatic rings. The molecule has 0 bridgehead atoms. The third kappa shape index (κ3) is 1.80. The van der Waals surface area contributed by atoms with Crippen LogP contribution in [0, 0.1) is 11.6 Å². The van der Waals surface area contributed by atoms with Crippen molar-refractivity contribution < 1.29 is 13.5 Å². The maximum Gasteiger partial charge on any atom is 0.137 e. The Morgan fingerprint density at radius 3 is 2.82 bits per heavy atom. The summed E-state index contributed by atoms with van der Waals surface area (Å²) in [7, 11) is 0. The van der Waals surface area contributed by atoms with Gasteiger partial charge in [0.2, 0.25) is 0 Å². The van der Waals surface area contributed by atoms with Crippen LogP contribution in [0.3, 0.4) is 0 Å². The topological polar surface area (TPSA) is 54.1 Å². The highest BCUT2D eigenvalue weighted by Crippen LogP contribution is 2.42. The molecule has 6 heteroatoms. The summed E-state index contributed by atoms with van der Waals surface area (Å²) in [5.41, 5.74) is -0.368. The molecule has 0 amide bonds. The molecule has 1 aromatic heterocycles. The van der Waals surface area contributed by atoms with Crippen LogP contribution in [-0.4, -0.2) is 21.8 Å². The number of nitrogens with zero attached hydrogens (tertiary/aromatic N) is 2. The van der Waals surface area contributed by atoms with Crippen LogP contribution in [-0.2, 0) is 16.8 Å². The minimum absolute atomic E-state index is 0.357. The van der Waals surface area contributed by atoms with E-state index in [0.29, 0.717) is 24.4 Å². The summed E-state index contributed by atoms with van der Waals surface area (Å²) in [5, 5.41) is 6.42. The Morgan fingerprint density at radius 2 is 2.24 bits per heavy atom. The molecule has 2 heterocycles. The highest BCUT2D eigenvalue weighted by molar-refractivity contribution is 5.30. The summed E-state index contributed by atoms with van der Waals surface area (Å²) in [6.45, 7) is 0.399. The molecule has 4 nitrogen and oxygen atoms in total. The first-order chi connectivity index (χ1) is 8.20. The standard InChI is InChI=1S/C11H9F2N3O/c12-7-1-2-8(9(13)3-7)11(5-17-11)4-10-14-6-15-16-10/h1-3,6H,4-5H2,(H,14,15,16). The summed E-state index contributed by atoms with van der Waals surface area (Å²) in [5.74, 6) is -0.574. The largest absolute Gasteiger partial charge is 0.364 e. The van der Waals surface area contributed by atoms with Crippen LogP contribution in [0.25, 0.3) is 0 Å². The van der Waals surface area contributed by atoms with Crippen LogP contribution in [0.4, 0.5) is 8.78 Å². The zero-order chi connectivity index (χ0) is 11.9. The molecule has 1 N–H and O–H groups in total. The lowest BCUT2D eigenvalue weighted by atomic mass is 9.95. The minimum Gasteiger partial charge on any atom is -0.364 e. The molecule has 1 fully saturated rings. The summed E-state index contributed by atoms with van der Waals surface area (Å²) in [4.78, 5) is 3.97. The zero-order valence-electron chi connectivity index (χ0n) is 8.78. The number of hydrogen-bond donors (Lipinski definition) is 1. The van der Waals surface area contributed by atoms with Crippen molar-refractivity contribution in [1.29, 1.82) is 0 Å². The van der Waals surface area contributed by atoms with Crippen LogP contribution in [0.2, 0.25) is 0 Å². The average molecular weight is 237 g/mol. The molecule has 1 aliphatic heterocycles. The van der Waals surface area contributed by atoms with Gasteiger partial charge in [0, 0.05) is 18.1 Å². The van der Waals surface area contributed by atoms with Crippen molar-refractivity contribution in [2.75, 3.05) is 6.61 Å². The van der Waals surface area contributed by atoms with Crippen molar-refractivity contribution in [3.63, 3.8) is 0 Å². The van der Waals surface area contributed by atoms with E-state index < -0.39 is 17.2 Å². The Kier molecular flexibility index (Phi) is 2.19. The van der Waals surface area contributed by atoms with Crippen molar-refractivity contribution in [3.8, 4) is 0 Å². The van der Waals surface area contributed by atoms with Gasteiger partial charge in [0.25, 0.3) is 0 Å². The van der Waals surface area contributed by atoms with Gasteiger partial charge in [0.1, 0.15) is 29.4 Å². The maximum atomic E-state index is 13.6. The van der Waals surface area contributed by atoms with E-state index in [4.69, 9.17) is 4.74 Å². The molecule has 0 radical (unpaired) electrons. The van der Waals surface area contributed by atoms with Crippen LogP contribution >= 0.6 is 0 Å². The predicted octanol–water partition coefficient (Wildman–Crippen LogP) is 1.55. The number of hydrogen-bond acceptors (Lipinski definition) is 3. The van der Waals surface area contributed by atoms with Gasteiger partial charge in [-0.15, -0.1) is 0 Å². The minimum atomic E-state index is -0.725. The summed E-state index contributed by atoms with van der Waals surface area (Å²) in [6.07, 6.45) is 1.78. The number of benzene rings is 1. The number of aromatic nitrogens is 3. The average Bonchev–Trinajstić information content (AvgIpc) is 2.86. The lowest BCUT2D eigenvalue weighted by Crippen LogP contribution is -2.16. The molecule has 0 saturated carbocycles. The SMILES string of the molecule is Fc1ccc(C2(Cc3ncn[nH]3)CO2)c(F)c1. The van der Waals surface area contributed by atoms with E-state index in [0.717, 1.165) is 6.07 Å². The number of rotatable bonds is 3. The van der Waals surface area contributed by atoms with Gasteiger partial charge in [-0.2, -0.15) is 5.10 Å². The Balaban J connectivity index is 1.92. The third-order valence-electron chi connectivity index (χ3n) is 2.83. The molecule has 17 heavy (non-hydrogen) atoms. The summed E-state index contributed by atoms with van der Waals surface area (Å²) < 4.78 is 31.8. The van der Waals surface area contributed by atoms with E-state index in [-0.39, 0.29) is 0 Å². The van der Waals surface area contributed by atoms with Crippen molar-refractivity contribution in [1.82, 2.24) is 15.2 Å². The Bertz CT molecular complexity index is 538. The second-order valence-corrected chi connectivity index (χ2v) is 4.02. The molecule has 0 spiro atoms. The van der Waals surface area contributed by atoms with Gasteiger partial charge in [-0.1, -0.05) is 6.07 Å². The van der Waals surface area contributed by atoms with Crippen LogP contribution < -0.4 is 0 Å². The molecule has 0 aliphatic carbocycles. The number of ether oxygens (including phenoxy) is 1. The first kappa shape index (κ1) is 10.3. The number of nitrogens with one attached hydrogen (secondary N) is 1. The van der Waals surface area contributed by atoms with Crippen LogP contribution in [0.5, 0.6) is 0 Å². The van der Waals surface area contributed by atoms with E-state index in [9.17, 15) is 8.78 Å². The fraction of sp³-hybridized carbons (Fsp3) is 0.273. The van der Waals surface area contributed by atoms with Gasteiger partial charge in [-0.05, 0) is 6.07 Å². The maximum absolute atomic E-state index is 13.6. The number of H-pyrrole nitrogens is 1. The van der Waals surface area contributed by atoms with E-state index >= 15 is 0 Å². The van der Waals surface area contributed by atoms with Crippen molar-refractivity contribution in [3.05, 3.63) is 47.5 Å². The molecular formula is C11H9F2N3O. The first-order valence-electron chi connectivity index (χ1n) is 5.13. The fourth-order valence-electron chi connectivity index (χ4n) is 1.89. The number of epoxide rings is 1. The van der Waals surface area contributed by atoms with Gasteiger partial charge >= 0.3 is 0 Å². The quantitative estimate of drug-likeness (QED) is 0.824. The number of halogens is 2. The van der Waals surface area contributed by atoms with E-state index in [1.807, 2.05) is 0 Å². The van der Waals surface area contributed by atoms with Gasteiger partial charge in [0.15, 0.2) is 0 Å². The summed E-state index contributed by atoms with van der Waals surface area (Å²) in [6, 6.07) is 3.50. The molecule has 1 saturated heterocycles. The second-order valence-electron chi connectivity index (χ2n) is 4.02. The molecule has 88 valence electrons. The van der Waals surface area contributed by atoms with Gasteiger partial charge in [-0.3, -0.25) is 5.10 Å². The van der Waals surface area contributed by atoms with E-state index in [2.05, 4.69) is 15.2 Å². The molecule has 1 atom stereocenters. The van der Waals surface area contributed by atoms with Gasteiger partial charge in [0.05, 0.1) is 6.61 Å². The Morgan fingerprint density at radius 1 is 1.41 bits per heavy atom. The fourth-order valence-corrected chi connectivity index (χ4v) is 1.89. The van der Waals surface area contributed by atoms with Gasteiger partial charge < -0.3 is 4.74 Å². The normalized spacial score (nSPS) is 22.7. The van der Waals surface area contributed by atoms with Crippen molar-refractivity contribution in [2.24, 2.45) is 0 Å². The van der Waals surface area contributed by atoms with Crippen LogP contribution in [0.15, 0.2) is 24.5 Å². The highest BCUT2D eigenvalue weighted by Gasteiger charge is 2.49. The smallest absolute Gasteiger partial charge is 0.137 e. The van der Waals surface area contributed by atoms with Crippen molar-refractivity contribution >= 4 is 0 Å². The molecule has 2 aromatic rings. The highest BCUT2D eigenvalue weighted by atomic mass is 19.1. The third-order valence-corrected chi connectivity index (χ3v) is 2.83. The monoisotopic (exact) mass is 237 g/mol. The molecule has 1 aromatic carbocycles. The Hall–Kier alpha value is -1.82. The zero-order valence-corrected chi connectivity index (χ0v) is 8.78. The predicted molar refractivity (Wildman–Crippen MR) is 54.1 cm³/mol. The van der Waals surface area contributed by atoms with E-state index in [1.54, 1.807) is 0 Å². The second kappa shape index (κ2) is 3.59. The summed E-state index contributed by atoms with van der Waals surface area (Å²) >= 11 is 0. The number of aromatic amines is 1. The molecule has 1 unspecified atom stereocenters. The molecule has 3 rings (SSSR count). The molecular weight excluding hydrogens is 228 g/mol. The van der Waals surface area contributed by atoms with Gasteiger partial charge in [-0.25, -0.2) is 13.8 Å². The lowest BCUT2D eigenvalue weighted by Gasteiger charge is -2.11. The lowest BCUT2D eigenvalue weighted by molar-refractivity contribution is 0.295. The van der Waals surface area contributed by atoms with Crippen molar-refractivity contribution in [2.45, 2.75) is 12.0 Å². The van der Waals surface area contributed by atoms with Crippen LogP contribution in [0.1, 0.15) is 11.4 Å². The Labute approximate surface area is 95.6 Å². The first-order valence-corrected chi connectivity index (χ1v) is 5.13. The van der Waals surface area contributed by atoms with E-state index in [1.165, 1.54) is 18.5 Å².